The van der Waals surface area contributed by atoms with Crippen LogP contribution in [0, 0.1) is 18.7 Å². The zero-order valence-corrected chi connectivity index (χ0v) is 13.8. The van der Waals surface area contributed by atoms with Gasteiger partial charge in [-0.05, 0) is 80.5 Å². The normalized spacial score (nSPS) is 14.6. The first-order valence-electron chi connectivity index (χ1n) is 8.05. The van der Waals surface area contributed by atoms with Gasteiger partial charge in [0.25, 0.3) is 5.91 Å². The molecule has 0 radical (unpaired) electrons. The Kier molecular flexibility index (Phi) is 3.97. The van der Waals surface area contributed by atoms with Crippen LogP contribution in [0.15, 0.2) is 42.5 Å². The van der Waals surface area contributed by atoms with Crippen molar-refractivity contribution in [3.63, 3.8) is 0 Å². The Hall–Kier alpha value is -2.16. The quantitative estimate of drug-likeness (QED) is 0.869. The maximum absolute atomic E-state index is 13.1. The molecule has 3 heteroatoms. The van der Waals surface area contributed by atoms with Gasteiger partial charge in [0.1, 0.15) is 5.82 Å². The summed E-state index contributed by atoms with van der Waals surface area (Å²) in [7, 11) is 0. The zero-order chi connectivity index (χ0) is 16.6. The van der Waals surface area contributed by atoms with E-state index in [1.165, 1.54) is 25.0 Å². The summed E-state index contributed by atoms with van der Waals surface area (Å²) < 4.78 is 13.1. The van der Waals surface area contributed by atoms with Crippen molar-refractivity contribution in [2.75, 3.05) is 0 Å². The third-order valence-corrected chi connectivity index (χ3v) is 4.55. The van der Waals surface area contributed by atoms with Crippen LogP contribution in [0.25, 0.3) is 11.1 Å². The van der Waals surface area contributed by atoms with Gasteiger partial charge >= 0.3 is 0 Å². The molecule has 1 saturated carbocycles. The predicted octanol–water partition coefficient (Wildman–Crippen LogP) is 4.72. The summed E-state index contributed by atoms with van der Waals surface area (Å²) in [6.07, 6.45) is 2.36. The van der Waals surface area contributed by atoms with Crippen molar-refractivity contribution in [3.8, 4) is 11.1 Å². The number of amides is 1. The van der Waals surface area contributed by atoms with Crippen molar-refractivity contribution in [2.24, 2.45) is 5.92 Å². The van der Waals surface area contributed by atoms with E-state index in [0.29, 0.717) is 11.5 Å². The van der Waals surface area contributed by atoms with Crippen LogP contribution in [0.5, 0.6) is 0 Å². The summed E-state index contributed by atoms with van der Waals surface area (Å²) in [4.78, 5) is 12.6. The molecule has 2 aromatic carbocycles. The van der Waals surface area contributed by atoms with Crippen molar-refractivity contribution in [2.45, 2.75) is 39.2 Å². The number of halogens is 1. The molecule has 0 heterocycles. The summed E-state index contributed by atoms with van der Waals surface area (Å²) in [5, 5.41) is 3.15. The van der Waals surface area contributed by atoms with Crippen LogP contribution in [0.4, 0.5) is 4.39 Å². The van der Waals surface area contributed by atoms with E-state index < -0.39 is 0 Å². The van der Waals surface area contributed by atoms with E-state index in [4.69, 9.17) is 0 Å². The second-order valence-corrected chi connectivity index (χ2v) is 7.04. The van der Waals surface area contributed by atoms with Crippen molar-refractivity contribution < 1.29 is 9.18 Å². The lowest BCUT2D eigenvalue weighted by Crippen LogP contribution is -2.45. The van der Waals surface area contributed by atoms with Crippen LogP contribution in [0.1, 0.15) is 42.6 Å². The van der Waals surface area contributed by atoms with E-state index in [1.54, 1.807) is 12.1 Å². The molecule has 1 aliphatic rings. The van der Waals surface area contributed by atoms with Crippen LogP contribution in [0.3, 0.4) is 0 Å². The minimum Gasteiger partial charge on any atom is -0.347 e. The highest BCUT2D eigenvalue weighted by molar-refractivity contribution is 5.96. The first-order chi connectivity index (χ1) is 10.8. The van der Waals surface area contributed by atoms with E-state index in [9.17, 15) is 9.18 Å². The Labute approximate surface area is 136 Å². The summed E-state index contributed by atoms with van der Waals surface area (Å²) in [5.41, 5.74) is 3.33. The molecule has 0 unspecified atom stereocenters. The SMILES string of the molecule is Cc1cc(C(=O)NC(C)(C)C2CC2)cc(-c2ccc(F)cc2)c1. The first-order valence-corrected chi connectivity index (χ1v) is 8.05. The van der Waals surface area contributed by atoms with E-state index in [0.717, 1.165) is 16.7 Å². The largest absolute Gasteiger partial charge is 0.347 e. The van der Waals surface area contributed by atoms with Crippen LogP contribution in [0.2, 0.25) is 0 Å². The standard InChI is InChI=1S/C20H22FNO/c1-13-10-15(14-4-8-18(21)9-5-14)12-16(11-13)19(23)22-20(2,3)17-6-7-17/h4-5,8-12,17H,6-7H2,1-3H3,(H,22,23). The van der Waals surface area contributed by atoms with Gasteiger partial charge in [0.2, 0.25) is 0 Å². The summed E-state index contributed by atoms with van der Waals surface area (Å²) >= 11 is 0. The van der Waals surface area contributed by atoms with Crippen molar-refractivity contribution in [3.05, 3.63) is 59.4 Å². The number of aryl methyl sites for hydroxylation is 1. The zero-order valence-electron chi connectivity index (χ0n) is 13.8. The molecule has 1 amide bonds. The Bertz CT molecular complexity index is 730. The summed E-state index contributed by atoms with van der Waals surface area (Å²) in [6, 6.07) is 12.1. The Morgan fingerprint density at radius 3 is 2.35 bits per heavy atom. The van der Waals surface area contributed by atoms with Gasteiger partial charge in [0.05, 0.1) is 0 Å². The van der Waals surface area contributed by atoms with E-state index >= 15 is 0 Å². The second kappa shape index (κ2) is 5.80. The van der Waals surface area contributed by atoms with Gasteiger partial charge in [-0.2, -0.15) is 0 Å². The Morgan fingerprint density at radius 1 is 1.09 bits per heavy atom. The third-order valence-electron chi connectivity index (χ3n) is 4.55. The number of nitrogens with one attached hydrogen (secondary N) is 1. The molecule has 23 heavy (non-hydrogen) atoms. The predicted molar refractivity (Wildman–Crippen MR) is 90.8 cm³/mol. The van der Waals surface area contributed by atoms with Crippen molar-refractivity contribution in [1.29, 1.82) is 0 Å². The fourth-order valence-corrected chi connectivity index (χ4v) is 3.00. The fourth-order valence-electron chi connectivity index (χ4n) is 3.00. The third kappa shape index (κ3) is 3.61. The molecule has 2 nitrogen and oxygen atoms in total. The molecular weight excluding hydrogens is 289 g/mol. The van der Waals surface area contributed by atoms with Crippen LogP contribution < -0.4 is 5.32 Å². The molecule has 1 fully saturated rings. The molecule has 3 rings (SSSR count). The molecular formula is C20H22FNO. The molecule has 0 aliphatic heterocycles. The van der Waals surface area contributed by atoms with Gasteiger partial charge in [-0.1, -0.05) is 18.2 Å². The van der Waals surface area contributed by atoms with Crippen LogP contribution in [-0.4, -0.2) is 11.4 Å². The average Bonchev–Trinajstić information content (AvgIpc) is 3.32. The molecule has 0 saturated heterocycles. The topological polar surface area (TPSA) is 29.1 Å². The van der Waals surface area contributed by atoms with Gasteiger partial charge in [-0.25, -0.2) is 4.39 Å². The van der Waals surface area contributed by atoms with Crippen LogP contribution >= 0.6 is 0 Å². The number of carbonyl (C=O) groups excluding carboxylic acids is 1. The number of benzene rings is 2. The summed E-state index contributed by atoms with van der Waals surface area (Å²) in [6.45, 7) is 6.13. The molecule has 1 aliphatic carbocycles. The minimum absolute atomic E-state index is 0.0473. The van der Waals surface area contributed by atoms with Crippen LogP contribution in [-0.2, 0) is 0 Å². The Morgan fingerprint density at radius 2 is 1.74 bits per heavy atom. The van der Waals surface area contributed by atoms with E-state index in [-0.39, 0.29) is 17.3 Å². The number of rotatable bonds is 4. The highest BCUT2D eigenvalue weighted by atomic mass is 19.1. The number of hydrogen-bond donors (Lipinski definition) is 1. The smallest absolute Gasteiger partial charge is 0.251 e. The fraction of sp³-hybridized carbons (Fsp3) is 0.350. The highest BCUT2D eigenvalue weighted by Crippen LogP contribution is 2.39. The molecule has 120 valence electrons. The summed E-state index contributed by atoms with van der Waals surface area (Å²) in [5.74, 6) is 0.271. The molecule has 2 aromatic rings. The van der Waals surface area contributed by atoms with E-state index in [1.807, 2.05) is 25.1 Å². The molecule has 0 atom stereocenters. The maximum atomic E-state index is 13.1. The monoisotopic (exact) mass is 311 g/mol. The van der Waals surface area contributed by atoms with Gasteiger partial charge in [-0.15, -0.1) is 0 Å². The van der Waals surface area contributed by atoms with Crippen molar-refractivity contribution in [1.82, 2.24) is 5.32 Å². The first kappa shape index (κ1) is 15.7. The minimum atomic E-state index is -0.259. The van der Waals surface area contributed by atoms with Crippen molar-refractivity contribution >= 4 is 5.91 Å². The Balaban J connectivity index is 1.88. The van der Waals surface area contributed by atoms with Gasteiger partial charge < -0.3 is 5.32 Å². The lowest BCUT2D eigenvalue weighted by Gasteiger charge is -2.26. The lowest BCUT2D eigenvalue weighted by atomic mass is 9.96. The van der Waals surface area contributed by atoms with E-state index in [2.05, 4.69) is 19.2 Å². The van der Waals surface area contributed by atoms with Gasteiger partial charge in [0, 0.05) is 11.1 Å². The molecule has 0 bridgehead atoms. The molecule has 0 spiro atoms. The molecule has 0 aromatic heterocycles. The average molecular weight is 311 g/mol. The number of hydrogen-bond acceptors (Lipinski definition) is 1. The van der Waals surface area contributed by atoms with Gasteiger partial charge in [-0.3, -0.25) is 4.79 Å². The molecule has 1 N–H and O–H groups in total. The number of carbonyl (C=O) groups is 1. The van der Waals surface area contributed by atoms with Gasteiger partial charge in [0.15, 0.2) is 0 Å². The second-order valence-electron chi connectivity index (χ2n) is 7.04. The highest BCUT2D eigenvalue weighted by Gasteiger charge is 2.38. The maximum Gasteiger partial charge on any atom is 0.251 e. The lowest BCUT2D eigenvalue weighted by molar-refractivity contribution is 0.0903.